The van der Waals surface area contributed by atoms with Crippen molar-refractivity contribution >= 4 is 31.3 Å². The number of pyridine rings is 1. The molecule has 0 saturated carbocycles. The van der Waals surface area contributed by atoms with Crippen molar-refractivity contribution < 1.29 is 17.2 Å². The molecule has 0 aliphatic carbocycles. The molecule has 15 heavy (non-hydrogen) atoms. The molecule has 0 saturated heterocycles. The summed E-state index contributed by atoms with van der Waals surface area (Å²) in [6.45, 7) is 1.33. The molecule has 1 rings (SSSR count). The first-order valence-electron chi connectivity index (χ1n) is 3.63. The third-order valence-electron chi connectivity index (χ3n) is 1.64. The molecule has 0 aliphatic rings. The van der Waals surface area contributed by atoms with Crippen molar-refractivity contribution in [3.8, 4) is 0 Å². The molecule has 8 heteroatoms. The Morgan fingerprint density at radius 1 is 1.47 bits per heavy atom. The number of rotatable bonds is 2. The first-order chi connectivity index (χ1) is 6.73. The Kier molecular flexibility index (Phi) is 3.52. The van der Waals surface area contributed by atoms with Gasteiger partial charge in [0.2, 0.25) is 0 Å². The van der Waals surface area contributed by atoms with E-state index in [1.807, 2.05) is 0 Å². The molecular formula is C7H5Cl2F2NO2S. The van der Waals surface area contributed by atoms with Crippen LogP contribution < -0.4 is 0 Å². The minimum atomic E-state index is -4.17. The maximum absolute atomic E-state index is 12.3. The van der Waals surface area contributed by atoms with Gasteiger partial charge in [0.15, 0.2) is 5.03 Å². The van der Waals surface area contributed by atoms with Gasteiger partial charge in [0.1, 0.15) is 5.69 Å². The van der Waals surface area contributed by atoms with E-state index < -0.39 is 26.2 Å². The van der Waals surface area contributed by atoms with Crippen LogP contribution in [0.1, 0.15) is 17.7 Å². The fraction of sp³-hybridized carbons (Fsp3) is 0.286. The lowest BCUT2D eigenvalue weighted by Crippen LogP contribution is -2.03. The van der Waals surface area contributed by atoms with Crippen LogP contribution in [0.5, 0.6) is 0 Å². The van der Waals surface area contributed by atoms with E-state index in [-0.39, 0.29) is 10.6 Å². The second-order valence-corrected chi connectivity index (χ2v) is 5.59. The molecule has 0 fully saturated rings. The summed E-state index contributed by atoms with van der Waals surface area (Å²) in [4.78, 5) is 3.25. The summed E-state index contributed by atoms with van der Waals surface area (Å²) in [5.41, 5.74) is -0.666. The van der Waals surface area contributed by atoms with E-state index in [1.165, 1.54) is 6.92 Å². The molecule has 0 aliphatic heterocycles. The van der Waals surface area contributed by atoms with Crippen LogP contribution >= 0.6 is 22.3 Å². The summed E-state index contributed by atoms with van der Waals surface area (Å²) in [5, 5.41) is -0.744. The number of aromatic nitrogens is 1. The standard InChI is InChI=1S/C7H5Cl2F2NO2S/c1-3-4(8)2-5(6(10)11)12-7(3)15(9,13)14/h2,6H,1H3. The van der Waals surface area contributed by atoms with Crippen LogP contribution in [-0.4, -0.2) is 13.4 Å². The predicted molar refractivity (Wildman–Crippen MR) is 52.0 cm³/mol. The van der Waals surface area contributed by atoms with Gasteiger partial charge >= 0.3 is 0 Å². The number of alkyl halides is 2. The minimum Gasteiger partial charge on any atom is -0.234 e. The van der Waals surface area contributed by atoms with Crippen LogP contribution in [0.15, 0.2) is 11.1 Å². The smallest absolute Gasteiger partial charge is 0.234 e. The largest absolute Gasteiger partial charge is 0.280 e. The molecule has 0 spiro atoms. The first kappa shape index (κ1) is 12.6. The molecule has 0 bridgehead atoms. The van der Waals surface area contributed by atoms with Crippen LogP contribution in [-0.2, 0) is 9.05 Å². The number of hydrogen-bond donors (Lipinski definition) is 0. The monoisotopic (exact) mass is 275 g/mol. The third-order valence-corrected chi connectivity index (χ3v) is 3.33. The summed E-state index contributed by atoms with van der Waals surface area (Å²) >= 11 is 5.57. The van der Waals surface area contributed by atoms with Gasteiger partial charge in [-0.3, -0.25) is 0 Å². The quantitative estimate of drug-likeness (QED) is 0.780. The maximum Gasteiger partial charge on any atom is 0.280 e. The lowest BCUT2D eigenvalue weighted by Gasteiger charge is -2.06. The van der Waals surface area contributed by atoms with E-state index in [0.717, 1.165) is 6.07 Å². The third kappa shape index (κ3) is 2.76. The van der Waals surface area contributed by atoms with Gasteiger partial charge < -0.3 is 0 Å². The van der Waals surface area contributed by atoms with Crippen molar-refractivity contribution in [2.75, 3.05) is 0 Å². The average molecular weight is 276 g/mol. The van der Waals surface area contributed by atoms with Crippen LogP contribution in [0.25, 0.3) is 0 Å². The van der Waals surface area contributed by atoms with E-state index in [4.69, 9.17) is 22.3 Å². The molecule has 1 aromatic heterocycles. The van der Waals surface area contributed by atoms with Crippen LogP contribution in [0.3, 0.4) is 0 Å². The highest BCUT2D eigenvalue weighted by Crippen LogP contribution is 2.28. The average Bonchev–Trinajstić information content (AvgIpc) is 2.06. The Bertz CT molecular complexity index is 490. The van der Waals surface area contributed by atoms with Gasteiger partial charge in [0.05, 0.1) is 0 Å². The highest BCUT2D eigenvalue weighted by atomic mass is 35.7. The molecule has 84 valence electrons. The van der Waals surface area contributed by atoms with E-state index in [2.05, 4.69) is 4.98 Å². The van der Waals surface area contributed by atoms with Gasteiger partial charge in [-0.2, -0.15) is 0 Å². The van der Waals surface area contributed by atoms with Crippen molar-refractivity contribution in [3.05, 3.63) is 22.3 Å². The van der Waals surface area contributed by atoms with Gasteiger partial charge in [-0.15, -0.1) is 0 Å². The van der Waals surface area contributed by atoms with Crippen molar-refractivity contribution in [2.45, 2.75) is 18.4 Å². The predicted octanol–water partition coefficient (Wildman–Crippen LogP) is 2.91. The molecule has 0 N–H and O–H groups in total. The molecule has 0 amide bonds. The molecule has 1 heterocycles. The molecule has 0 unspecified atom stereocenters. The van der Waals surface area contributed by atoms with E-state index in [1.54, 1.807) is 0 Å². The Balaban J connectivity index is 3.52. The topological polar surface area (TPSA) is 47.0 Å². The maximum atomic E-state index is 12.3. The molecule has 0 atom stereocenters. The van der Waals surface area contributed by atoms with Gasteiger partial charge in [-0.1, -0.05) is 11.6 Å². The summed E-state index contributed by atoms with van der Waals surface area (Å²) in [6, 6.07) is 0.910. The lowest BCUT2D eigenvalue weighted by molar-refractivity contribution is 0.145. The van der Waals surface area contributed by atoms with Crippen LogP contribution in [0.2, 0.25) is 5.02 Å². The minimum absolute atomic E-state index is 0.0519. The van der Waals surface area contributed by atoms with Crippen LogP contribution in [0, 0.1) is 6.92 Å². The molecule has 0 radical (unpaired) electrons. The van der Waals surface area contributed by atoms with E-state index >= 15 is 0 Å². The summed E-state index contributed by atoms with van der Waals surface area (Å²) in [7, 11) is 0.850. The SMILES string of the molecule is Cc1c(Cl)cc(C(F)F)nc1S(=O)(=O)Cl. The second-order valence-electron chi connectivity index (χ2n) is 2.70. The Morgan fingerprint density at radius 3 is 2.40 bits per heavy atom. The van der Waals surface area contributed by atoms with Crippen LogP contribution in [0.4, 0.5) is 8.78 Å². The molecule has 0 aromatic carbocycles. The summed E-state index contributed by atoms with van der Waals surface area (Å²) < 4.78 is 46.5. The van der Waals surface area contributed by atoms with Crippen molar-refractivity contribution in [2.24, 2.45) is 0 Å². The van der Waals surface area contributed by atoms with Crippen molar-refractivity contribution in [1.82, 2.24) is 4.98 Å². The highest BCUT2D eigenvalue weighted by molar-refractivity contribution is 8.13. The Labute approximate surface area is 94.4 Å². The zero-order chi connectivity index (χ0) is 11.8. The second kappa shape index (κ2) is 4.19. The van der Waals surface area contributed by atoms with Crippen molar-refractivity contribution in [3.63, 3.8) is 0 Å². The van der Waals surface area contributed by atoms with Gasteiger partial charge in [-0.05, 0) is 13.0 Å². The van der Waals surface area contributed by atoms with Crippen molar-refractivity contribution in [1.29, 1.82) is 0 Å². The van der Waals surface area contributed by atoms with E-state index in [0.29, 0.717) is 0 Å². The summed E-state index contributed by atoms with van der Waals surface area (Å²) in [6.07, 6.45) is -2.90. The van der Waals surface area contributed by atoms with E-state index in [9.17, 15) is 17.2 Å². The van der Waals surface area contributed by atoms with Gasteiger partial charge in [-0.25, -0.2) is 22.2 Å². The Hall–Kier alpha value is -0.460. The fourth-order valence-corrected chi connectivity index (χ4v) is 2.32. The highest BCUT2D eigenvalue weighted by Gasteiger charge is 2.21. The zero-order valence-electron chi connectivity index (χ0n) is 7.34. The normalized spacial score (nSPS) is 12.1. The fourth-order valence-electron chi connectivity index (χ4n) is 0.923. The number of nitrogens with zero attached hydrogens (tertiary/aromatic N) is 1. The zero-order valence-corrected chi connectivity index (χ0v) is 9.67. The lowest BCUT2D eigenvalue weighted by atomic mass is 10.3. The Morgan fingerprint density at radius 2 is 2.00 bits per heavy atom. The molecular weight excluding hydrogens is 271 g/mol. The van der Waals surface area contributed by atoms with Gasteiger partial charge in [0.25, 0.3) is 15.5 Å². The molecule has 3 nitrogen and oxygen atoms in total. The first-order valence-corrected chi connectivity index (χ1v) is 6.32. The number of hydrogen-bond acceptors (Lipinski definition) is 3. The summed E-state index contributed by atoms with van der Waals surface area (Å²) in [5.74, 6) is 0. The molecule has 1 aromatic rings. The van der Waals surface area contributed by atoms with Gasteiger partial charge in [0, 0.05) is 21.3 Å². The number of halogens is 4.